The second kappa shape index (κ2) is 2.90. The molecule has 0 aliphatic carbocycles. The van der Waals surface area contributed by atoms with E-state index in [1.165, 1.54) is 4.68 Å². The number of nitrogens with zero attached hydrogens (tertiary/aromatic N) is 2. The average Bonchev–Trinajstić information content (AvgIpc) is 2.44. The standard InChI is InChI=1S/C8H10F3N3/c1-14-5-3-2-4-12-6(5)7(13-14)8(9,10)11/h12H,2-4H2,1H3. The third-order valence-electron chi connectivity index (χ3n) is 2.33. The van der Waals surface area contributed by atoms with Gasteiger partial charge in [-0.25, -0.2) is 0 Å². The molecule has 0 radical (unpaired) electrons. The predicted molar refractivity (Wildman–Crippen MR) is 45.0 cm³/mol. The molecule has 0 saturated carbocycles. The van der Waals surface area contributed by atoms with Crippen molar-refractivity contribution in [2.75, 3.05) is 11.9 Å². The molecule has 0 saturated heterocycles. The number of fused-ring (bicyclic) bond motifs is 1. The lowest BCUT2D eigenvalue weighted by atomic mass is 10.1. The maximum absolute atomic E-state index is 12.5. The van der Waals surface area contributed by atoms with Gasteiger partial charge in [-0.2, -0.15) is 18.3 Å². The summed E-state index contributed by atoms with van der Waals surface area (Å²) in [5.41, 5.74) is 0.00419. The quantitative estimate of drug-likeness (QED) is 0.699. The second-order valence-corrected chi connectivity index (χ2v) is 3.32. The van der Waals surface area contributed by atoms with Gasteiger partial charge in [0.2, 0.25) is 0 Å². The molecule has 0 bridgehead atoms. The normalized spacial score (nSPS) is 16.3. The van der Waals surface area contributed by atoms with Crippen LogP contribution in [0.25, 0.3) is 0 Å². The van der Waals surface area contributed by atoms with Crippen LogP contribution in [0, 0.1) is 0 Å². The highest BCUT2D eigenvalue weighted by Gasteiger charge is 2.39. The Morgan fingerprint density at radius 1 is 1.43 bits per heavy atom. The molecule has 0 atom stereocenters. The van der Waals surface area contributed by atoms with Gasteiger partial charge in [-0.05, 0) is 12.8 Å². The molecule has 0 aromatic carbocycles. The lowest BCUT2D eigenvalue weighted by Crippen LogP contribution is -2.15. The zero-order valence-electron chi connectivity index (χ0n) is 7.65. The van der Waals surface area contributed by atoms with E-state index in [9.17, 15) is 13.2 Å². The summed E-state index contributed by atoms with van der Waals surface area (Å²) in [6, 6.07) is 0. The summed E-state index contributed by atoms with van der Waals surface area (Å²) in [7, 11) is 1.54. The molecule has 1 aliphatic heterocycles. The Morgan fingerprint density at radius 3 is 2.79 bits per heavy atom. The smallest absolute Gasteiger partial charge is 0.382 e. The maximum atomic E-state index is 12.5. The molecule has 1 aromatic rings. The molecule has 3 nitrogen and oxygen atoms in total. The van der Waals surface area contributed by atoms with E-state index in [2.05, 4.69) is 10.4 Å². The fourth-order valence-corrected chi connectivity index (χ4v) is 1.70. The van der Waals surface area contributed by atoms with Crippen LogP contribution < -0.4 is 5.32 Å². The van der Waals surface area contributed by atoms with E-state index >= 15 is 0 Å². The van der Waals surface area contributed by atoms with Crippen molar-refractivity contribution in [1.29, 1.82) is 0 Å². The van der Waals surface area contributed by atoms with Crippen LogP contribution in [0.15, 0.2) is 0 Å². The van der Waals surface area contributed by atoms with Gasteiger partial charge in [-0.15, -0.1) is 0 Å². The minimum absolute atomic E-state index is 0.159. The van der Waals surface area contributed by atoms with E-state index in [-0.39, 0.29) is 5.69 Å². The van der Waals surface area contributed by atoms with E-state index in [0.717, 1.165) is 6.42 Å². The molecule has 1 aromatic heterocycles. The Kier molecular flexibility index (Phi) is 1.94. The Morgan fingerprint density at radius 2 is 2.14 bits per heavy atom. The zero-order valence-corrected chi connectivity index (χ0v) is 7.65. The highest BCUT2D eigenvalue weighted by Crippen LogP contribution is 2.37. The van der Waals surface area contributed by atoms with Crippen LogP contribution in [0.4, 0.5) is 18.9 Å². The van der Waals surface area contributed by atoms with Crippen LogP contribution in [0.3, 0.4) is 0 Å². The number of aryl methyl sites for hydroxylation is 1. The van der Waals surface area contributed by atoms with Gasteiger partial charge in [-0.3, -0.25) is 4.68 Å². The van der Waals surface area contributed by atoms with Gasteiger partial charge in [0.05, 0.1) is 11.4 Å². The fraction of sp³-hybridized carbons (Fsp3) is 0.625. The van der Waals surface area contributed by atoms with Crippen molar-refractivity contribution in [2.45, 2.75) is 19.0 Å². The van der Waals surface area contributed by atoms with Crippen LogP contribution >= 0.6 is 0 Å². The SMILES string of the molecule is Cn1nc(C(F)(F)F)c2c1CCCN2. The van der Waals surface area contributed by atoms with Crippen molar-refractivity contribution in [3.8, 4) is 0 Å². The molecule has 0 spiro atoms. The number of anilines is 1. The molecule has 0 unspecified atom stereocenters. The van der Waals surface area contributed by atoms with Gasteiger partial charge in [0, 0.05) is 13.6 Å². The number of rotatable bonds is 0. The van der Waals surface area contributed by atoms with Crippen molar-refractivity contribution in [2.24, 2.45) is 7.05 Å². The molecule has 2 rings (SSSR count). The van der Waals surface area contributed by atoms with Crippen molar-refractivity contribution < 1.29 is 13.2 Å². The van der Waals surface area contributed by atoms with Gasteiger partial charge in [-0.1, -0.05) is 0 Å². The van der Waals surface area contributed by atoms with Crippen molar-refractivity contribution in [3.63, 3.8) is 0 Å². The Balaban J connectivity index is 2.52. The van der Waals surface area contributed by atoms with Crippen LogP contribution in [-0.4, -0.2) is 16.3 Å². The lowest BCUT2D eigenvalue weighted by Gasteiger charge is -2.15. The van der Waals surface area contributed by atoms with Crippen molar-refractivity contribution in [1.82, 2.24) is 9.78 Å². The number of alkyl halides is 3. The summed E-state index contributed by atoms with van der Waals surface area (Å²) < 4.78 is 38.7. The first kappa shape index (κ1) is 9.36. The van der Waals surface area contributed by atoms with E-state index in [1.807, 2.05) is 0 Å². The predicted octanol–water partition coefficient (Wildman–Crippen LogP) is 1.80. The molecule has 78 valence electrons. The Hall–Kier alpha value is -1.20. The summed E-state index contributed by atoms with van der Waals surface area (Å²) in [5, 5.41) is 6.25. The molecule has 0 amide bonds. The van der Waals surface area contributed by atoms with Gasteiger partial charge in [0.25, 0.3) is 0 Å². The summed E-state index contributed by atoms with van der Waals surface area (Å²) in [4.78, 5) is 0. The monoisotopic (exact) mass is 205 g/mol. The number of hydrogen-bond donors (Lipinski definition) is 1. The summed E-state index contributed by atoms with van der Waals surface area (Å²) >= 11 is 0. The second-order valence-electron chi connectivity index (χ2n) is 3.32. The van der Waals surface area contributed by atoms with Gasteiger partial charge in [0.15, 0.2) is 5.69 Å². The van der Waals surface area contributed by atoms with Crippen LogP contribution in [0.5, 0.6) is 0 Å². The summed E-state index contributed by atoms with van der Waals surface area (Å²) in [5.74, 6) is 0. The van der Waals surface area contributed by atoms with Crippen LogP contribution in [0.1, 0.15) is 17.8 Å². The Labute approximate surface area is 78.9 Å². The van der Waals surface area contributed by atoms with Crippen molar-refractivity contribution in [3.05, 3.63) is 11.4 Å². The lowest BCUT2D eigenvalue weighted by molar-refractivity contribution is -0.140. The minimum Gasteiger partial charge on any atom is -0.382 e. The molecule has 1 aliphatic rings. The summed E-state index contributed by atoms with van der Waals surface area (Å²) in [6.45, 7) is 0.585. The fourth-order valence-electron chi connectivity index (χ4n) is 1.70. The molecule has 14 heavy (non-hydrogen) atoms. The Bertz CT molecular complexity index is 353. The number of halogens is 3. The molecule has 1 N–H and O–H groups in total. The first-order valence-corrected chi connectivity index (χ1v) is 4.37. The van der Waals surface area contributed by atoms with E-state index in [4.69, 9.17) is 0 Å². The van der Waals surface area contributed by atoms with E-state index in [0.29, 0.717) is 18.7 Å². The molecule has 2 heterocycles. The molecule has 6 heteroatoms. The number of nitrogens with one attached hydrogen (secondary N) is 1. The molecule has 0 fully saturated rings. The minimum atomic E-state index is -4.37. The van der Waals surface area contributed by atoms with E-state index in [1.54, 1.807) is 7.05 Å². The number of aromatic nitrogens is 2. The van der Waals surface area contributed by atoms with Gasteiger partial charge < -0.3 is 5.32 Å². The molecular weight excluding hydrogens is 195 g/mol. The third kappa shape index (κ3) is 1.34. The largest absolute Gasteiger partial charge is 0.437 e. The highest BCUT2D eigenvalue weighted by atomic mass is 19.4. The average molecular weight is 205 g/mol. The van der Waals surface area contributed by atoms with Crippen LogP contribution in [-0.2, 0) is 19.6 Å². The molecular formula is C8H10F3N3. The number of hydrogen-bond acceptors (Lipinski definition) is 2. The topological polar surface area (TPSA) is 29.9 Å². The van der Waals surface area contributed by atoms with Crippen LogP contribution in [0.2, 0.25) is 0 Å². The zero-order chi connectivity index (χ0) is 10.3. The van der Waals surface area contributed by atoms with Crippen molar-refractivity contribution >= 4 is 5.69 Å². The first-order chi connectivity index (χ1) is 6.50. The highest BCUT2D eigenvalue weighted by molar-refractivity contribution is 5.55. The first-order valence-electron chi connectivity index (χ1n) is 4.37. The van der Waals surface area contributed by atoms with E-state index < -0.39 is 11.9 Å². The van der Waals surface area contributed by atoms with Gasteiger partial charge in [0.1, 0.15) is 0 Å². The van der Waals surface area contributed by atoms with Gasteiger partial charge >= 0.3 is 6.18 Å². The summed E-state index contributed by atoms with van der Waals surface area (Å²) in [6.07, 6.45) is -2.86. The maximum Gasteiger partial charge on any atom is 0.437 e. The third-order valence-corrected chi connectivity index (χ3v) is 2.33.